The highest BCUT2D eigenvalue weighted by molar-refractivity contribution is 5.43. The lowest BCUT2D eigenvalue weighted by Gasteiger charge is -2.21. The molecule has 1 unspecified atom stereocenters. The molecule has 1 aromatic rings. The lowest BCUT2D eigenvalue weighted by Crippen LogP contribution is -2.37. The van der Waals surface area contributed by atoms with Crippen LogP contribution in [0.3, 0.4) is 0 Å². The van der Waals surface area contributed by atoms with Crippen molar-refractivity contribution in [2.45, 2.75) is 19.4 Å². The zero-order valence-corrected chi connectivity index (χ0v) is 11.8. The first-order chi connectivity index (χ1) is 8.88. The minimum absolute atomic E-state index is 0.145. The monoisotopic (exact) mass is 270 g/mol. The van der Waals surface area contributed by atoms with Gasteiger partial charge in [-0.1, -0.05) is 0 Å². The molecule has 8 heteroatoms. The van der Waals surface area contributed by atoms with Gasteiger partial charge in [-0.3, -0.25) is 0 Å². The van der Waals surface area contributed by atoms with E-state index in [1.807, 2.05) is 21.0 Å². The van der Waals surface area contributed by atoms with Gasteiger partial charge in [0.2, 0.25) is 17.8 Å². The first-order valence-corrected chi connectivity index (χ1v) is 6.12. The smallest absolute Gasteiger partial charge is 0.231 e. The van der Waals surface area contributed by atoms with Gasteiger partial charge in [0.25, 0.3) is 0 Å². The fourth-order valence-corrected chi connectivity index (χ4v) is 1.21. The first-order valence-electron chi connectivity index (χ1n) is 6.12. The number of hydrogen-bond donors (Lipinski definition) is 4. The molecule has 1 atom stereocenters. The number of rotatable bonds is 7. The molecule has 0 amide bonds. The van der Waals surface area contributed by atoms with Crippen LogP contribution < -0.4 is 15.5 Å². The van der Waals surface area contributed by atoms with Gasteiger partial charge in [0.15, 0.2) is 0 Å². The normalized spacial score (nSPS) is 13.8. The number of nitrogens with one attached hydrogen (secondary N) is 2. The van der Waals surface area contributed by atoms with Crippen LogP contribution in [0.2, 0.25) is 0 Å². The predicted octanol–water partition coefficient (Wildman–Crippen LogP) is -0.475. The minimum Gasteiger partial charge on any atom is -0.393 e. The van der Waals surface area contributed by atoms with Crippen molar-refractivity contribution in [1.82, 2.24) is 15.0 Å². The Morgan fingerprint density at radius 1 is 1.16 bits per heavy atom. The van der Waals surface area contributed by atoms with Crippen LogP contribution in [0, 0.1) is 0 Å². The van der Waals surface area contributed by atoms with Crippen molar-refractivity contribution in [1.29, 1.82) is 0 Å². The van der Waals surface area contributed by atoms with Crippen molar-refractivity contribution in [3.05, 3.63) is 0 Å². The quantitative estimate of drug-likeness (QED) is 0.526. The standard InChI is InChI=1S/C11H22N6O2/c1-5-12-8-14-9(13-6-11(2,19)7-18)16-10(15-8)17(3)4/h18-19H,5-7H2,1-4H3,(H2,12,13,14,15,16). The average Bonchev–Trinajstić information content (AvgIpc) is 2.37. The van der Waals surface area contributed by atoms with Crippen LogP contribution >= 0.6 is 0 Å². The topological polar surface area (TPSA) is 106 Å². The Morgan fingerprint density at radius 3 is 2.21 bits per heavy atom. The highest BCUT2D eigenvalue weighted by atomic mass is 16.3. The Hall–Kier alpha value is -1.67. The van der Waals surface area contributed by atoms with Gasteiger partial charge in [-0.25, -0.2) is 0 Å². The third-order valence-electron chi connectivity index (χ3n) is 2.33. The molecule has 0 saturated heterocycles. The Morgan fingerprint density at radius 2 is 1.74 bits per heavy atom. The van der Waals surface area contributed by atoms with Crippen LogP contribution in [0.4, 0.5) is 17.8 Å². The SMILES string of the molecule is CCNc1nc(NCC(C)(O)CO)nc(N(C)C)n1. The summed E-state index contributed by atoms with van der Waals surface area (Å²) in [6.07, 6.45) is 0. The second kappa shape index (κ2) is 6.48. The van der Waals surface area contributed by atoms with Crippen LogP contribution in [0.25, 0.3) is 0 Å². The van der Waals surface area contributed by atoms with E-state index in [1.165, 1.54) is 6.92 Å². The maximum atomic E-state index is 9.73. The van der Waals surface area contributed by atoms with E-state index in [4.69, 9.17) is 5.11 Å². The Balaban J connectivity index is 2.87. The van der Waals surface area contributed by atoms with Gasteiger partial charge in [0.1, 0.15) is 5.60 Å². The summed E-state index contributed by atoms with van der Waals surface area (Å²) in [4.78, 5) is 14.4. The Kier molecular flexibility index (Phi) is 5.25. The zero-order chi connectivity index (χ0) is 14.5. The van der Waals surface area contributed by atoms with E-state index in [2.05, 4.69) is 25.6 Å². The van der Waals surface area contributed by atoms with E-state index >= 15 is 0 Å². The molecule has 0 aliphatic rings. The molecule has 0 spiro atoms. The average molecular weight is 270 g/mol. The molecule has 0 saturated carbocycles. The summed E-state index contributed by atoms with van der Waals surface area (Å²) in [6, 6.07) is 0. The third-order valence-corrected chi connectivity index (χ3v) is 2.33. The van der Waals surface area contributed by atoms with Crippen molar-refractivity contribution < 1.29 is 10.2 Å². The van der Waals surface area contributed by atoms with Crippen molar-refractivity contribution >= 4 is 17.8 Å². The lowest BCUT2D eigenvalue weighted by atomic mass is 10.1. The summed E-state index contributed by atoms with van der Waals surface area (Å²) in [5.41, 5.74) is -1.22. The maximum Gasteiger partial charge on any atom is 0.231 e. The fraction of sp³-hybridized carbons (Fsp3) is 0.727. The molecule has 19 heavy (non-hydrogen) atoms. The summed E-state index contributed by atoms with van der Waals surface area (Å²) in [6.45, 7) is 3.98. The Bertz CT molecular complexity index is 410. The summed E-state index contributed by atoms with van der Waals surface area (Å²) in [7, 11) is 3.66. The molecular weight excluding hydrogens is 248 g/mol. The molecule has 0 aliphatic heterocycles. The van der Waals surface area contributed by atoms with E-state index in [0.717, 1.165) is 0 Å². The van der Waals surface area contributed by atoms with Crippen molar-refractivity contribution in [3.63, 3.8) is 0 Å². The first kappa shape index (κ1) is 15.4. The van der Waals surface area contributed by atoms with E-state index in [0.29, 0.717) is 24.4 Å². The summed E-state index contributed by atoms with van der Waals surface area (Å²) < 4.78 is 0. The van der Waals surface area contributed by atoms with Gasteiger partial charge in [-0.05, 0) is 13.8 Å². The largest absolute Gasteiger partial charge is 0.393 e. The summed E-state index contributed by atoms with van der Waals surface area (Å²) in [5, 5.41) is 24.6. The fourth-order valence-electron chi connectivity index (χ4n) is 1.21. The molecule has 1 aromatic heterocycles. The van der Waals surface area contributed by atoms with Gasteiger partial charge in [-0.2, -0.15) is 15.0 Å². The third kappa shape index (κ3) is 4.84. The molecule has 108 valence electrons. The van der Waals surface area contributed by atoms with Crippen LogP contribution in [0.15, 0.2) is 0 Å². The number of nitrogens with zero attached hydrogens (tertiary/aromatic N) is 4. The highest BCUT2D eigenvalue weighted by Crippen LogP contribution is 2.12. The molecule has 0 aromatic carbocycles. The van der Waals surface area contributed by atoms with Gasteiger partial charge in [0.05, 0.1) is 6.61 Å². The van der Waals surface area contributed by atoms with Crippen LogP contribution in [-0.4, -0.2) is 64.6 Å². The van der Waals surface area contributed by atoms with Crippen LogP contribution in [-0.2, 0) is 0 Å². The second-order valence-electron chi connectivity index (χ2n) is 4.72. The summed E-state index contributed by atoms with van der Waals surface area (Å²) >= 11 is 0. The molecule has 1 heterocycles. The maximum absolute atomic E-state index is 9.73. The van der Waals surface area contributed by atoms with Gasteiger partial charge in [0, 0.05) is 27.2 Å². The van der Waals surface area contributed by atoms with E-state index in [9.17, 15) is 5.11 Å². The molecule has 1 rings (SSSR count). The molecule has 4 N–H and O–H groups in total. The van der Waals surface area contributed by atoms with E-state index in [1.54, 1.807) is 4.90 Å². The molecular formula is C11H22N6O2. The van der Waals surface area contributed by atoms with E-state index in [-0.39, 0.29) is 13.2 Å². The van der Waals surface area contributed by atoms with Gasteiger partial charge in [-0.15, -0.1) is 0 Å². The van der Waals surface area contributed by atoms with Gasteiger partial charge >= 0.3 is 0 Å². The second-order valence-corrected chi connectivity index (χ2v) is 4.72. The molecule has 0 aliphatic carbocycles. The van der Waals surface area contributed by atoms with Crippen molar-refractivity contribution in [3.8, 4) is 0 Å². The minimum atomic E-state index is -1.22. The van der Waals surface area contributed by atoms with Crippen molar-refractivity contribution in [2.24, 2.45) is 0 Å². The molecule has 0 radical (unpaired) electrons. The zero-order valence-electron chi connectivity index (χ0n) is 11.8. The van der Waals surface area contributed by atoms with Crippen LogP contribution in [0.1, 0.15) is 13.8 Å². The number of hydrogen-bond acceptors (Lipinski definition) is 8. The summed E-state index contributed by atoms with van der Waals surface area (Å²) in [5.74, 6) is 1.33. The number of aromatic nitrogens is 3. The number of aliphatic hydroxyl groups excluding tert-OH is 1. The molecule has 0 bridgehead atoms. The number of aliphatic hydroxyl groups is 2. The van der Waals surface area contributed by atoms with Gasteiger partial charge < -0.3 is 25.7 Å². The van der Waals surface area contributed by atoms with E-state index < -0.39 is 5.60 Å². The predicted molar refractivity (Wildman–Crippen MR) is 74.5 cm³/mol. The van der Waals surface area contributed by atoms with Crippen molar-refractivity contribution in [2.75, 3.05) is 49.3 Å². The Labute approximate surface area is 112 Å². The molecule has 0 fully saturated rings. The molecule has 8 nitrogen and oxygen atoms in total. The van der Waals surface area contributed by atoms with Crippen LogP contribution in [0.5, 0.6) is 0 Å². The lowest BCUT2D eigenvalue weighted by molar-refractivity contribution is 0.0131. The number of anilines is 3. The highest BCUT2D eigenvalue weighted by Gasteiger charge is 2.19.